The largest absolute Gasteiger partial charge is 0.463 e. The number of aromatic nitrogens is 2. The minimum Gasteiger partial charge on any atom is -0.463 e. The van der Waals surface area contributed by atoms with Crippen molar-refractivity contribution in [2.45, 2.75) is 125 Å². The van der Waals surface area contributed by atoms with Gasteiger partial charge in [-0.3, -0.25) is 38.4 Å². The molecule has 58 heavy (non-hydrogen) atoms. The summed E-state index contributed by atoms with van der Waals surface area (Å²) in [5, 5.41) is 0.162. The third kappa shape index (κ3) is 12.7. The van der Waals surface area contributed by atoms with Gasteiger partial charge in [-0.25, -0.2) is 9.97 Å². The van der Waals surface area contributed by atoms with Crippen LogP contribution < -0.4 is 0 Å². The third-order valence-electron chi connectivity index (χ3n) is 7.86. The van der Waals surface area contributed by atoms with Crippen LogP contribution in [0.25, 0.3) is 11.0 Å². The Bertz CT molecular complexity index is 1760. The number of fused-ring (bicyclic) bond motifs is 1. The van der Waals surface area contributed by atoms with Crippen LogP contribution >= 0.6 is 23.5 Å². The van der Waals surface area contributed by atoms with Gasteiger partial charge in [-0.1, -0.05) is 35.7 Å². The van der Waals surface area contributed by atoms with E-state index in [-0.39, 0.29) is 10.1 Å². The number of rotatable bonds is 14. The first-order valence-electron chi connectivity index (χ1n) is 17.5. The number of benzene rings is 1. The van der Waals surface area contributed by atoms with Gasteiger partial charge < -0.3 is 47.4 Å². The highest BCUT2D eigenvalue weighted by molar-refractivity contribution is 8.02. The van der Waals surface area contributed by atoms with Crippen LogP contribution in [0, 0.1) is 0 Å². The molecule has 2 aromatic rings. The lowest BCUT2D eigenvalue weighted by Gasteiger charge is -2.44. The fraction of sp³-hybridized carbons (Fsp3) is 0.556. The summed E-state index contributed by atoms with van der Waals surface area (Å²) in [4.78, 5) is 108. The van der Waals surface area contributed by atoms with E-state index in [0.29, 0.717) is 11.0 Å². The van der Waals surface area contributed by atoms with Gasteiger partial charge in [0.2, 0.25) is 0 Å². The Balaban J connectivity index is 1.87. The molecule has 0 spiro atoms. The molecule has 0 unspecified atom stereocenters. The topological polar surface area (TPSA) is 255 Å². The number of hydrogen-bond acceptors (Lipinski definition) is 22. The quantitative estimate of drug-likeness (QED) is 0.194. The van der Waals surface area contributed by atoms with Gasteiger partial charge in [-0.15, -0.1) is 0 Å². The van der Waals surface area contributed by atoms with Crippen LogP contribution in [-0.4, -0.2) is 131 Å². The molecule has 10 atom stereocenters. The molecule has 2 fully saturated rings. The van der Waals surface area contributed by atoms with Crippen molar-refractivity contribution in [2.24, 2.45) is 0 Å². The van der Waals surface area contributed by atoms with E-state index < -0.39 is 121 Å². The minimum absolute atomic E-state index is 0.0810. The van der Waals surface area contributed by atoms with Gasteiger partial charge in [0.15, 0.2) is 47.5 Å². The summed E-state index contributed by atoms with van der Waals surface area (Å²) in [6.07, 6.45) is -11.3. The van der Waals surface area contributed by atoms with Gasteiger partial charge in [-0.05, 0) is 12.1 Å². The number of hydrogen-bond donors (Lipinski definition) is 0. The number of carbonyl (C=O) groups excluding carboxylic acids is 8. The molecule has 316 valence electrons. The van der Waals surface area contributed by atoms with Crippen LogP contribution in [0.2, 0.25) is 0 Å². The summed E-state index contributed by atoms with van der Waals surface area (Å²) in [6.45, 7) is 7.88. The molecule has 4 rings (SSSR count). The number of thioether (sulfide) groups is 2. The van der Waals surface area contributed by atoms with Crippen molar-refractivity contribution >= 4 is 82.3 Å². The zero-order valence-electron chi connectivity index (χ0n) is 32.6. The maximum Gasteiger partial charge on any atom is 0.303 e. The summed E-state index contributed by atoms with van der Waals surface area (Å²) in [7, 11) is 0. The lowest BCUT2D eigenvalue weighted by molar-refractivity contribution is -0.237. The van der Waals surface area contributed by atoms with E-state index in [2.05, 4.69) is 0 Å². The van der Waals surface area contributed by atoms with E-state index in [1.807, 2.05) is 0 Å². The first kappa shape index (κ1) is 45.6. The molecule has 20 nitrogen and oxygen atoms in total. The molecule has 0 aliphatic carbocycles. The second kappa shape index (κ2) is 20.6. The van der Waals surface area contributed by atoms with Crippen molar-refractivity contribution < 1.29 is 85.7 Å². The Labute approximate surface area is 339 Å². The Morgan fingerprint density at radius 1 is 0.466 bits per heavy atom. The highest BCUT2D eigenvalue weighted by atomic mass is 32.2. The van der Waals surface area contributed by atoms with Crippen LogP contribution in [0.3, 0.4) is 0 Å². The molecule has 0 radical (unpaired) electrons. The maximum absolute atomic E-state index is 12.5. The Morgan fingerprint density at radius 2 is 0.759 bits per heavy atom. The summed E-state index contributed by atoms with van der Waals surface area (Å²) in [5.74, 6) is -6.34. The van der Waals surface area contributed by atoms with Crippen molar-refractivity contribution in [3.63, 3.8) is 0 Å². The van der Waals surface area contributed by atoms with E-state index in [9.17, 15) is 38.4 Å². The molecule has 0 N–H and O–H groups in total. The molecule has 2 aliphatic heterocycles. The number of ether oxygens (including phenoxy) is 10. The monoisotopic (exact) mass is 854 g/mol. The van der Waals surface area contributed by atoms with Gasteiger partial charge in [0.05, 0.1) is 11.0 Å². The zero-order chi connectivity index (χ0) is 42.8. The number of esters is 8. The molecule has 0 bridgehead atoms. The van der Waals surface area contributed by atoms with Crippen LogP contribution in [-0.2, 0) is 85.7 Å². The summed E-state index contributed by atoms with van der Waals surface area (Å²) in [6, 6.07) is 6.71. The van der Waals surface area contributed by atoms with E-state index in [4.69, 9.17) is 57.3 Å². The average Bonchev–Trinajstić information content (AvgIpc) is 3.10. The summed E-state index contributed by atoms with van der Waals surface area (Å²) < 4.78 is 56.4. The number of carbonyl (C=O) groups is 8. The maximum atomic E-state index is 12.5. The molecule has 3 heterocycles. The fourth-order valence-corrected chi connectivity index (χ4v) is 8.32. The van der Waals surface area contributed by atoms with Crippen LogP contribution in [0.15, 0.2) is 34.3 Å². The van der Waals surface area contributed by atoms with E-state index in [1.165, 1.54) is 0 Å². The Kier molecular flexibility index (Phi) is 16.2. The smallest absolute Gasteiger partial charge is 0.303 e. The molecule has 0 amide bonds. The lowest BCUT2D eigenvalue weighted by atomic mass is 9.99. The first-order valence-corrected chi connectivity index (χ1v) is 19.3. The lowest BCUT2D eigenvalue weighted by Crippen LogP contribution is -2.61. The molecular weight excluding hydrogens is 813 g/mol. The Morgan fingerprint density at radius 3 is 1.05 bits per heavy atom. The Hall–Kier alpha value is -5.06. The third-order valence-corrected chi connectivity index (χ3v) is 10.2. The standard InChI is InChI=1S/C36H42N2O18S2/c1-15(39)47-13-25-27(49-17(3)41)29(51-19(5)43)31(53-21(7)45)35(55-25)57-33-34(38-24-12-10-9-11-23(24)37-33)58-36-32(54-22(8)46)30(52-20(6)44)28(50-18(4)42)26(56-36)14-48-16(2)40/h9-12,25-32,35-36H,13-14H2,1-8H3/t25-,26-,27-,28-,29+,30+,31-,32-,35+,36+/m1/s1. The molecule has 1 aromatic carbocycles. The van der Waals surface area contributed by atoms with Gasteiger partial charge in [-0.2, -0.15) is 0 Å². The molecule has 2 saturated heterocycles. The fourth-order valence-electron chi connectivity index (χ4n) is 5.91. The van der Waals surface area contributed by atoms with E-state index in [0.717, 1.165) is 78.9 Å². The average molecular weight is 855 g/mol. The van der Waals surface area contributed by atoms with Crippen LogP contribution in [0.4, 0.5) is 0 Å². The second-order valence-corrected chi connectivity index (χ2v) is 14.9. The van der Waals surface area contributed by atoms with Crippen molar-refractivity contribution in [1.29, 1.82) is 0 Å². The number of para-hydroxylation sites is 2. The van der Waals surface area contributed by atoms with Crippen molar-refractivity contribution in [2.75, 3.05) is 13.2 Å². The minimum atomic E-state index is -1.48. The van der Waals surface area contributed by atoms with E-state index in [1.54, 1.807) is 24.3 Å². The van der Waals surface area contributed by atoms with Gasteiger partial charge in [0.25, 0.3) is 0 Å². The molecule has 22 heteroatoms. The van der Waals surface area contributed by atoms with Crippen molar-refractivity contribution in [3.8, 4) is 0 Å². The SMILES string of the molecule is CC(=O)OC[C@H]1O[C@@H](Sc2nc3ccccc3nc2S[C@@H]2O[C@H](COC(C)=O)[C@@H](OC(C)=O)[C@H](OC(C)=O)[C@H]2OC(C)=O)[C@H](OC(C)=O)[C@@H](OC(C)=O)[C@@H]1OC(C)=O. The normalized spacial score (nSPS) is 26.6. The number of nitrogens with zero attached hydrogens (tertiary/aromatic N) is 2. The molecule has 0 saturated carbocycles. The molecular formula is C36H42N2O18S2. The van der Waals surface area contributed by atoms with Gasteiger partial charge in [0.1, 0.15) is 35.5 Å². The van der Waals surface area contributed by atoms with Crippen molar-refractivity contribution in [1.82, 2.24) is 9.97 Å². The van der Waals surface area contributed by atoms with E-state index >= 15 is 0 Å². The van der Waals surface area contributed by atoms with Crippen molar-refractivity contribution in [3.05, 3.63) is 24.3 Å². The highest BCUT2D eigenvalue weighted by Gasteiger charge is 2.55. The van der Waals surface area contributed by atoms with Gasteiger partial charge >= 0.3 is 47.8 Å². The first-order chi connectivity index (χ1) is 27.3. The molecule has 1 aromatic heterocycles. The summed E-state index contributed by atoms with van der Waals surface area (Å²) in [5.41, 5.74) is -1.90. The van der Waals surface area contributed by atoms with Crippen LogP contribution in [0.1, 0.15) is 55.4 Å². The zero-order valence-corrected chi connectivity index (χ0v) is 34.2. The second-order valence-electron chi connectivity index (χ2n) is 12.7. The predicted molar refractivity (Wildman–Crippen MR) is 195 cm³/mol. The van der Waals surface area contributed by atoms with Crippen LogP contribution in [0.5, 0.6) is 0 Å². The molecule has 2 aliphatic rings. The highest BCUT2D eigenvalue weighted by Crippen LogP contribution is 2.44. The summed E-state index contributed by atoms with van der Waals surface area (Å²) >= 11 is 1.66. The van der Waals surface area contributed by atoms with Gasteiger partial charge in [0, 0.05) is 55.4 Å². The predicted octanol–water partition coefficient (Wildman–Crippen LogP) is 1.98.